The maximum atomic E-state index is 3.38. The van der Waals surface area contributed by atoms with Gasteiger partial charge in [-0.1, -0.05) is 42.5 Å². The number of benzene rings is 1. The zero-order chi connectivity index (χ0) is 10.2. The minimum atomic E-state index is 0.355. The van der Waals surface area contributed by atoms with Crippen molar-refractivity contribution in [2.45, 2.75) is 19.9 Å². The van der Waals surface area contributed by atoms with E-state index in [9.17, 15) is 0 Å². The summed E-state index contributed by atoms with van der Waals surface area (Å²) < 4.78 is 0. The van der Waals surface area contributed by atoms with E-state index in [1.165, 1.54) is 0 Å². The molecule has 0 saturated heterocycles. The van der Waals surface area contributed by atoms with Gasteiger partial charge in [-0.2, -0.15) is 0 Å². The van der Waals surface area contributed by atoms with Gasteiger partial charge in [-0.15, -0.1) is 0 Å². The van der Waals surface area contributed by atoms with Gasteiger partial charge in [-0.25, -0.2) is 0 Å². The summed E-state index contributed by atoms with van der Waals surface area (Å²) in [5.74, 6) is 0. The van der Waals surface area contributed by atoms with Gasteiger partial charge in [-0.05, 0) is 26.0 Å². The lowest BCUT2D eigenvalue weighted by Crippen LogP contribution is -2.11. The standard InChI is InChI=1S/C13H17N/c1-3-4-6-9-12(2)14-13-10-7-5-8-11-13/h3-12,14H,1-2H3/b4-3-,9-6-. The van der Waals surface area contributed by atoms with E-state index in [4.69, 9.17) is 0 Å². The number of allylic oxidation sites excluding steroid dienone is 3. The van der Waals surface area contributed by atoms with Crippen molar-refractivity contribution in [2.24, 2.45) is 0 Å². The number of para-hydroxylation sites is 1. The van der Waals surface area contributed by atoms with Gasteiger partial charge in [0.2, 0.25) is 0 Å². The van der Waals surface area contributed by atoms with Crippen molar-refractivity contribution in [2.75, 3.05) is 5.32 Å². The maximum absolute atomic E-state index is 3.38. The van der Waals surface area contributed by atoms with Crippen LogP contribution in [0.4, 0.5) is 5.69 Å². The molecule has 0 bridgehead atoms. The zero-order valence-electron chi connectivity index (χ0n) is 8.77. The lowest BCUT2D eigenvalue weighted by atomic mass is 10.2. The van der Waals surface area contributed by atoms with Crippen LogP contribution in [0.2, 0.25) is 0 Å². The molecule has 0 aliphatic rings. The molecular formula is C13H17N. The van der Waals surface area contributed by atoms with E-state index in [0.29, 0.717) is 6.04 Å². The quantitative estimate of drug-likeness (QED) is 0.710. The molecule has 0 fully saturated rings. The maximum Gasteiger partial charge on any atom is 0.0419 e. The average molecular weight is 187 g/mol. The first-order chi connectivity index (χ1) is 6.83. The second-order valence-corrected chi connectivity index (χ2v) is 3.21. The van der Waals surface area contributed by atoms with Crippen LogP contribution in [-0.2, 0) is 0 Å². The summed E-state index contributed by atoms with van der Waals surface area (Å²) in [6, 6.07) is 10.6. The summed E-state index contributed by atoms with van der Waals surface area (Å²) in [6.07, 6.45) is 8.24. The summed E-state index contributed by atoms with van der Waals surface area (Å²) in [4.78, 5) is 0. The van der Waals surface area contributed by atoms with Crippen molar-refractivity contribution < 1.29 is 0 Å². The van der Waals surface area contributed by atoms with Crippen LogP contribution in [0.15, 0.2) is 54.6 Å². The lowest BCUT2D eigenvalue weighted by Gasteiger charge is -2.10. The first kappa shape index (κ1) is 10.6. The van der Waals surface area contributed by atoms with E-state index in [0.717, 1.165) is 5.69 Å². The lowest BCUT2D eigenvalue weighted by molar-refractivity contribution is 0.998. The molecule has 0 aromatic heterocycles. The second kappa shape index (κ2) is 6.03. The normalized spacial score (nSPS) is 13.6. The number of anilines is 1. The van der Waals surface area contributed by atoms with Gasteiger partial charge in [0.25, 0.3) is 0 Å². The fraction of sp³-hybridized carbons (Fsp3) is 0.231. The Hall–Kier alpha value is -1.50. The Morgan fingerprint density at radius 3 is 2.50 bits per heavy atom. The topological polar surface area (TPSA) is 12.0 Å². The van der Waals surface area contributed by atoms with Crippen LogP contribution >= 0.6 is 0 Å². The van der Waals surface area contributed by atoms with E-state index < -0.39 is 0 Å². The van der Waals surface area contributed by atoms with Gasteiger partial charge in [0.05, 0.1) is 0 Å². The van der Waals surface area contributed by atoms with Gasteiger partial charge < -0.3 is 5.32 Å². The molecule has 0 aliphatic carbocycles. The van der Waals surface area contributed by atoms with Crippen molar-refractivity contribution in [3.05, 3.63) is 54.6 Å². The third kappa shape index (κ3) is 3.94. The third-order valence-electron chi connectivity index (χ3n) is 1.87. The molecule has 1 aromatic carbocycles. The molecule has 14 heavy (non-hydrogen) atoms. The number of nitrogens with one attached hydrogen (secondary N) is 1. The molecule has 1 heteroatoms. The Morgan fingerprint density at radius 1 is 1.14 bits per heavy atom. The molecule has 1 atom stereocenters. The van der Waals surface area contributed by atoms with Crippen molar-refractivity contribution in [1.82, 2.24) is 0 Å². The van der Waals surface area contributed by atoms with Crippen LogP contribution in [0.5, 0.6) is 0 Å². The Kier molecular flexibility index (Phi) is 4.56. The highest BCUT2D eigenvalue weighted by atomic mass is 14.9. The van der Waals surface area contributed by atoms with E-state index >= 15 is 0 Å². The van der Waals surface area contributed by atoms with Crippen LogP contribution < -0.4 is 5.32 Å². The van der Waals surface area contributed by atoms with Crippen molar-refractivity contribution in [1.29, 1.82) is 0 Å². The molecule has 0 radical (unpaired) electrons. The molecule has 1 N–H and O–H groups in total. The molecule has 0 heterocycles. The highest BCUT2D eigenvalue weighted by molar-refractivity contribution is 5.44. The van der Waals surface area contributed by atoms with Crippen LogP contribution in [0.3, 0.4) is 0 Å². The Bertz CT molecular complexity index is 298. The molecule has 0 spiro atoms. The Balaban J connectivity index is 2.45. The van der Waals surface area contributed by atoms with E-state index in [1.54, 1.807) is 0 Å². The highest BCUT2D eigenvalue weighted by Gasteiger charge is 1.94. The fourth-order valence-corrected chi connectivity index (χ4v) is 1.19. The largest absolute Gasteiger partial charge is 0.379 e. The smallest absolute Gasteiger partial charge is 0.0419 e. The molecule has 0 amide bonds. The van der Waals surface area contributed by atoms with Crippen LogP contribution in [-0.4, -0.2) is 6.04 Å². The summed E-state index contributed by atoms with van der Waals surface area (Å²) in [7, 11) is 0. The van der Waals surface area contributed by atoms with Crippen molar-refractivity contribution in [3.63, 3.8) is 0 Å². The molecule has 1 rings (SSSR count). The van der Waals surface area contributed by atoms with Gasteiger partial charge in [0.1, 0.15) is 0 Å². The van der Waals surface area contributed by atoms with Crippen LogP contribution in [0.1, 0.15) is 13.8 Å². The summed E-state index contributed by atoms with van der Waals surface area (Å²) in [5.41, 5.74) is 1.16. The predicted molar refractivity (Wildman–Crippen MR) is 63.5 cm³/mol. The molecule has 0 saturated carbocycles. The van der Waals surface area contributed by atoms with Gasteiger partial charge >= 0.3 is 0 Å². The monoisotopic (exact) mass is 187 g/mol. The second-order valence-electron chi connectivity index (χ2n) is 3.21. The Morgan fingerprint density at radius 2 is 1.86 bits per heavy atom. The molecular weight excluding hydrogens is 170 g/mol. The number of hydrogen-bond acceptors (Lipinski definition) is 1. The van der Waals surface area contributed by atoms with Gasteiger partial charge in [0, 0.05) is 11.7 Å². The van der Waals surface area contributed by atoms with Crippen molar-refractivity contribution in [3.8, 4) is 0 Å². The first-order valence-corrected chi connectivity index (χ1v) is 4.94. The molecule has 1 unspecified atom stereocenters. The first-order valence-electron chi connectivity index (χ1n) is 4.94. The van der Waals surface area contributed by atoms with Crippen molar-refractivity contribution >= 4 is 5.69 Å². The zero-order valence-corrected chi connectivity index (χ0v) is 8.77. The fourth-order valence-electron chi connectivity index (χ4n) is 1.19. The highest BCUT2D eigenvalue weighted by Crippen LogP contribution is 2.07. The van der Waals surface area contributed by atoms with E-state index in [-0.39, 0.29) is 0 Å². The molecule has 1 aromatic rings. The van der Waals surface area contributed by atoms with Crippen LogP contribution in [0, 0.1) is 0 Å². The predicted octanol–water partition coefficient (Wildman–Crippen LogP) is 3.62. The number of hydrogen-bond donors (Lipinski definition) is 1. The minimum Gasteiger partial charge on any atom is -0.379 e. The minimum absolute atomic E-state index is 0.355. The molecule has 1 nitrogen and oxygen atoms in total. The van der Waals surface area contributed by atoms with E-state index in [1.807, 2.05) is 37.3 Å². The summed E-state index contributed by atoms with van der Waals surface area (Å²) in [6.45, 7) is 4.15. The van der Waals surface area contributed by atoms with Gasteiger partial charge in [-0.3, -0.25) is 0 Å². The van der Waals surface area contributed by atoms with Gasteiger partial charge in [0.15, 0.2) is 0 Å². The van der Waals surface area contributed by atoms with Crippen LogP contribution in [0.25, 0.3) is 0 Å². The third-order valence-corrected chi connectivity index (χ3v) is 1.87. The van der Waals surface area contributed by atoms with E-state index in [2.05, 4.69) is 36.5 Å². The summed E-state index contributed by atoms with van der Waals surface area (Å²) in [5, 5.41) is 3.38. The molecule has 0 aliphatic heterocycles. The average Bonchev–Trinajstić information content (AvgIpc) is 2.20. The number of rotatable bonds is 4. The summed E-state index contributed by atoms with van der Waals surface area (Å²) >= 11 is 0. The SMILES string of the molecule is C/C=C\C=C/C(C)Nc1ccccc1. The Labute approximate surface area is 86.2 Å². The molecule has 74 valence electrons.